The Labute approximate surface area is 121 Å². The molecule has 0 aliphatic carbocycles. The third kappa shape index (κ3) is 2.06. The number of rotatable bonds is 3. The van der Waals surface area contributed by atoms with Gasteiger partial charge in [0.1, 0.15) is 11.2 Å². The zero-order valence-corrected chi connectivity index (χ0v) is 11.8. The number of nitrogens with zero attached hydrogens (tertiary/aromatic N) is 4. The smallest absolute Gasteiger partial charge is 0.300 e. The summed E-state index contributed by atoms with van der Waals surface area (Å²) < 4.78 is 1.56. The fourth-order valence-electron chi connectivity index (χ4n) is 2.52. The second-order valence-electron chi connectivity index (χ2n) is 5.17. The predicted molar refractivity (Wildman–Crippen MR) is 73.9 cm³/mol. The summed E-state index contributed by atoms with van der Waals surface area (Å²) in [7, 11) is 1.75. The highest BCUT2D eigenvalue weighted by molar-refractivity contribution is 6.07. The van der Waals surface area contributed by atoms with Gasteiger partial charge in [0.2, 0.25) is 0 Å². The second-order valence-corrected chi connectivity index (χ2v) is 5.17. The summed E-state index contributed by atoms with van der Waals surface area (Å²) in [6.07, 6.45) is 1.72. The number of hydrogen-bond acceptors (Lipinski definition) is 4. The number of aromatic nitrogens is 3. The third-order valence-electron chi connectivity index (χ3n) is 3.75. The van der Waals surface area contributed by atoms with E-state index in [1.807, 2.05) is 30.3 Å². The molecule has 2 heterocycles. The number of carbonyl (C=O) groups is 2. The van der Waals surface area contributed by atoms with E-state index in [1.165, 1.54) is 4.90 Å². The maximum atomic E-state index is 12.3. The fourth-order valence-corrected chi connectivity index (χ4v) is 2.52. The molecule has 1 aliphatic rings. The first-order valence-corrected chi connectivity index (χ1v) is 6.55. The quantitative estimate of drug-likeness (QED) is 0.845. The number of benzene rings is 1. The number of carbonyl (C=O) groups excluding carboxylic acids is 2. The van der Waals surface area contributed by atoms with E-state index in [1.54, 1.807) is 24.9 Å². The monoisotopic (exact) mass is 285 g/mol. The molecule has 2 aromatic rings. The van der Waals surface area contributed by atoms with Gasteiger partial charge in [0.25, 0.3) is 5.91 Å². The van der Waals surface area contributed by atoms with E-state index in [0.29, 0.717) is 5.69 Å². The number of nitrogens with one attached hydrogen (secondary N) is 1. The number of urea groups is 1. The Morgan fingerprint density at radius 2 is 1.95 bits per heavy atom. The Kier molecular flexibility index (Phi) is 2.97. The SMILES string of the molecule is Cn1cc(CN2C(=O)NC(=O)C2(C)c2ccccc2)nn1. The first-order chi connectivity index (χ1) is 10.0. The average molecular weight is 285 g/mol. The molecular weight excluding hydrogens is 270 g/mol. The molecule has 1 fully saturated rings. The zero-order chi connectivity index (χ0) is 15.0. The van der Waals surface area contributed by atoms with Crippen LogP contribution in [0.25, 0.3) is 0 Å². The van der Waals surface area contributed by atoms with Crippen LogP contribution < -0.4 is 5.32 Å². The van der Waals surface area contributed by atoms with Crippen LogP contribution in [0.15, 0.2) is 36.5 Å². The van der Waals surface area contributed by atoms with E-state index in [0.717, 1.165) is 5.56 Å². The molecule has 7 nitrogen and oxygen atoms in total. The van der Waals surface area contributed by atoms with E-state index < -0.39 is 11.6 Å². The Balaban J connectivity index is 2.00. The molecule has 7 heteroatoms. The minimum Gasteiger partial charge on any atom is -0.300 e. The molecule has 0 bridgehead atoms. The van der Waals surface area contributed by atoms with Gasteiger partial charge in [-0.25, -0.2) is 4.79 Å². The Morgan fingerprint density at radius 3 is 2.57 bits per heavy atom. The number of aryl methyl sites for hydroxylation is 1. The van der Waals surface area contributed by atoms with E-state index in [9.17, 15) is 9.59 Å². The molecule has 1 N–H and O–H groups in total. The molecule has 0 saturated carbocycles. The Bertz CT molecular complexity index is 696. The van der Waals surface area contributed by atoms with Crippen molar-refractivity contribution in [3.05, 3.63) is 47.8 Å². The molecule has 0 radical (unpaired) electrons. The molecular formula is C14H15N5O2. The van der Waals surface area contributed by atoms with Crippen LogP contribution in [0, 0.1) is 0 Å². The number of amides is 3. The van der Waals surface area contributed by atoms with Gasteiger partial charge in [-0.1, -0.05) is 35.5 Å². The van der Waals surface area contributed by atoms with Gasteiger partial charge < -0.3 is 0 Å². The summed E-state index contributed by atoms with van der Waals surface area (Å²) in [6, 6.07) is 8.81. The summed E-state index contributed by atoms with van der Waals surface area (Å²) in [6.45, 7) is 1.95. The van der Waals surface area contributed by atoms with Crippen molar-refractivity contribution < 1.29 is 9.59 Å². The van der Waals surface area contributed by atoms with Crippen molar-refractivity contribution in [3.8, 4) is 0 Å². The van der Waals surface area contributed by atoms with Crippen LogP contribution >= 0.6 is 0 Å². The lowest BCUT2D eigenvalue weighted by atomic mass is 9.90. The van der Waals surface area contributed by atoms with E-state index >= 15 is 0 Å². The lowest BCUT2D eigenvalue weighted by Gasteiger charge is -2.31. The number of imide groups is 1. The maximum Gasteiger partial charge on any atom is 0.325 e. The van der Waals surface area contributed by atoms with Crippen molar-refractivity contribution in [2.45, 2.75) is 19.0 Å². The van der Waals surface area contributed by atoms with Crippen molar-refractivity contribution in [2.75, 3.05) is 0 Å². The Hall–Kier alpha value is -2.70. The summed E-state index contributed by atoms with van der Waals surface area (Å²) in [5.41, 5.74) is 0.345. The van der Waals surface area contributed by atoms with Gasteiger partial charge in [0.15, 0.2) is 0 Å². The highest BCUT2D eigenvalue weighted by atomic mass is 16.2. The highest BCUT2D eigenvalue weighted by Gasteiger charge is 2.50. The lowest BCUT2D eigenvalue weighted by Crippen LogP contribution is -2.43. The molecule has 1 atom stereocenters. The normalized spacial score (nSPS) is 21.7. The molecule has 1 unspecified atom stereocenters. The fraction of sp³-hybridized carbons (Fsp3) is 0.286. The molecule has 108 valence electrons. The van der Waals surface area contributed by atoms with Crippen molar-refractivity contribution in [1.29, 1.82) is 0 Å². The van der Waals surface area contributed by atoms with Crippen LogP contribution in [0.2, 0.25) is 0 Å². The van der Waals surface area contributed by atoms with Crippen LogP contribution in [-0.4, -0.2) is 31.8 Å². The van der Waals surface area contributed by atoms with Gasteiger partial charge in [-0.15, -0.1) is 5.10 Å². The zero-order valence-electron chi connectivity index (χ0n) is 11.8. The number of hydrogen-bond donors (Lipinski definition) is 1. The van der Waals surface area contributed by atoms with E-state index in [-0.39, 0.29) is 12.5 Å². The van der Waals surface area contributed by atoms with Gasteiger partial charge in [0.05, 0.1) is 6.54 Å². The molecule has 3 rings (SSSR count). The molecule has 1 saturated heterocycles. The summed E-state index contributed by atoms with van der Waals surface area (Å²) >= 11 is 0. The largest absolute Gasteiger partial charge is 0.325 e. The van der Waals surface area contributed by atoms with Crippen LogP contribution in [-0.2, 0) is 23.9 Å². The molecule has 0 spiro atoms. The first kappa shape index (κ1) is 13.3. The van der Waals surface area contributed by atoms with Crippen molar-refractivity contribution in [3.63, 3.8) is 0 Å². The molecule has 21 heavy (non-hydrogen) atoms. The van der Waals surface area contributed by atoms with Crippen LogP contribution in [0.4, 0.5) is 4.79 Å². The standard InChI is InChI=1S/C14H15N5O2/c1-14(10-6-4-3-5-7-10)12(20)15-13(21)19(14)9-11-8-18(2)17-16-11/h3-8H,9H2,1-2H3,(H,15,20,21). The highest BCUT2D eigenvalue weighted by Crippen LogP contribution is 2.33. The first-order valence-electron chi connectivity index (χ1n) is 6.55. The van der Waals surface area contributed by atoms with E-state index in [4.69, 9.17) is 0 Å². The topological polar surface area (TPSA) is 80.1 Å². The summed E-state index contributed by atoms with van der Waals surface area (Å²) in [5.74, 6) is -0.331. The van der Waals surface area contributed by atoms with Gasteiger partial charge in [-0.3, -0.25) is 19.7 Å². The maximum absolute atomic E-state index is 12.3. The van der Waals surface area contributed by atoms with Crippen molar-refractivity contribution in [1.82, 2.24) is 25.2 Å². The van der Waals surface area contributed by atoms with Crippen LogP contribution in [0.3, 0.4) is 0 Å². The molecule has 1 aromatic heterocycles. The predicted octanol–water partition coefficient (Wildman–Crippen LogP) is 0.782. The van der Waals surface area contributed by atoms with Gasteiger partial charge >= 0.3 is 6.03 Å². The van der Waals surface area contributed by atoms with Crippen LogP contribution in [0.5, 0.6) is 0 Å². The van der Waals surface area contributed by atoms with Crippen LogP contribution in [0.1, 0.15) is 18.2 Å². The lowest BCUT2D eigenvalue weighted by molar-refractivity contribution is -0.126. The van der Waals surface area contributed by atoms with E-state index in [2.05, 4.69) is 15.6 Å². The van der Waals surface area contributed by atoms with Crippen molar-refractivity contribution >= 4 is 11.9 Å². The third-order valence-corrected chi connectivity index (χ3v) is 3.75. The van der Waals surface area contributed by atoms with Gasteiger partial charge in [0, 0.05) is 13.2 Å². The summed E-state index contributed by atoms with van der Waals surface area (Å²) in [5, 5.41) is 10.2. The minimum atomic E-state index is -1.05. The molecule has 3 amide bonds. The van der Waals surface area contributed by atoms with Crippen molar-refractivity contribution in [2.24, 2.45) is 7.05 Å². The minimum absolute atomic E-state index is 0.219. The summed E-state index contributed by atoms with van der Waals surface area (Å²) in [4.78, 5) is 25.9. The van der Waals surface area contributed by atoms with Gasteiger partial charge in [-0.05, 0) is 12.5 Å². The molecule has 1 aromatic carbocycles. The Morgan fingerprint density at radius 1 is 1.24 bits per heavy atom. The van der Waals surface area contributed by atoms with Gasteiger partial charge in [-0.2, -0.15) is 0 Å². The average Bonchev–Trinajstić information content (AvgIpc) is 2.98. The second kappa shape index (κ2) is 4.69. The molecule has 1 aliphatic heterocycles.